The number of nitrogens with zero attached hydrogens (tertiary/aromatic N) is 1. The van der Waals surface area contributed by atoms with Gasteiger partial charge in [0.05, 0.1) is 5.69 Å². The maximum absolute atomic E-state index is 13.7. The van der Waals surface area contributed by atoms with E-state index in [2.05, 4.69) is 5.32 Å². The first kappa shape index (κ1) is 10.4. The molecule has 1 heterocycles. The lowest BCUT2D eigenvalue weighted by Gasteiger charge is -2.16. The van der Waals surface area contributed by atoms with Crippen LogP contribution in [0.1, 0.15) is 17.9 Å². The molecule has 82 valence electrons. The van der Waals surface area contributed by atoms with Crippen LogP contribution in [0.25, 0.3) is 0 Å². The molecule has 2 nitrogen and oxygen atoms in total. The monoisotopic (exact) mass is 208 g/mol. The molecule has 0 aromatic heterocycles. The van der Waals surface area contributed by atoms with Gasteiger partial charge >= 0.3 is 0 Å². The minimum absolute atomic E-state index is 0.121. The fourth-order valence-corrected chi connectivity index (χ4v) is 2.08. The number of benzene rings is 1. The molecule has 0 spiro atoms. The third kappa shape index (κ3) is 2.12. The van der Waals surface area contributed by atoms with Gasteiger partial charge < -0.3 is 10.2 Å². The van der Waals surface area contributed by atoms with Crippen molar-refractivity contribution in [3.05, 3.63) is 29.6 Å². The van der Waals surface area contributed by atoms with Crippen molar-refractivity contribution < 1.29 is 4.39 Å². The van der Waals surface area contributed by atoms with Crippen molar-refractivity contribution in [3.8, 4) is 0 Å². The fourth-order valence-electron chi connectivity index (χ4n) is 2.08. The van der Waals surface area contributed by atoms with Gasteiger partial charge in [-0.15, -0.1) is 0 Å². The Labute approximate surface area is 90.1 Å². The molecule has 1 aliphatic rings. The quantitative estimate of drug-likeness (QED) is 0.799. The Kier molecular flexibility index (Phi) is 2.91. The predicted molar refractivity (Wildman–Crippen MR) is 61.0 cm³/mol. The van der Waals surface area contributed by atoms with E-state index in [0.29, 0.717) is 11.6 Å². The summed E-state index contributed by atoms with van der Waals surface area (Å²) in [6.07, 6.45) is 1.11. The summed E-state index contributed by atoms with van der Waals surface area (Å²) < 4.78 is 13.7. The van der Waals surface area contributed by atoms with Crippen LogP contribution in [0.2, 0.25) is 0 Å². The van der Waals surface area contributed by atoms with Gasteiger partial charge in [0, 0.05) is 20.6 Å². The normalized spacial score (nSPS) is 20.6. The lowest BCUT2D eigenvalue weighted by atomic mass is 9.98. The van der Waals surface area contributed by atoms with E-state index in [0.717, 1.165) is 25.1 Å². The molecule has 0 bridgehead atoms. The van der Waals surface area contributed by atoms with Crippen molar-refractivity contribution in [3.63, 3.8) is 0 Å². The van der Waals surface area contributed by atoms with Gasteiger partial charge in [0.25, 0.3) is 0 Å². The summed E-state index contributed by atoms with van der Waals surface area (Å²) in [6, 6.07) is 5.58. The molecule has 1 saturated heterocycles. The lowest BCUT2D eigenvalue weighted by molar-refractivity contribution is 0.619. The van der Waals surface area contributed by atoms with Gasteiger partial charge in [-0.05, 0) is 36.6 Å². The van der Waals surface area contributed by atoms with Crippen molar-refractivity contribution in [2.45, 2.75) is 12.3 Å². The summed E-state index contributed by atoms with van der Waals surface area (Å²) in [7, 11) is 3.71. The minimum Gasteiger partial charge on any atom is -0.375 e. The third-order valence-corrected chi connectivity index (χ3v) is 2.99. The topological polar surface area (TPSA) is 15.3 Å². The summed E-state index contributed by atoms with van der Waals surface area (Å²) in [5, 5.41) is 3.29. The molecular formula is C12H17FN2. The molecule has 1 N–H and O–H groups in total. The first-order valence-corrected chi connectivity index (χ1v) is 5.36. The van der Waals surface area contributed by atoms with E-state index in [9.17, 15) is 4.39 Å². The van der Waals surface area contributed by atoms with Crippen LogP contribution in [-0.4, -0.2) is 27.2 Å². The molecule has 1 unspecified atom stereocenters. The summed E-state index contributed by atoms with van der Waals surface area (Å²) in [4.78, 5) is 1.80. The Bertz CT molecular complexity index is 343. The van der Waals surface area contributed by atoms with E-state index >= 15 is 0 Å². The highest BCUT2D eigenvalue weighted by molar-refractivity contribution is 5.48. The molecule has 1 aromatic carbocycles. The number of nitrogens with one attached hydrogen (secondary N) is 1. The lowest BCUT2D eigenvalue weighted by Crippen LogP contribution is -2.12. The molecule has 15 heavy (non-hydrogen) atoms. The largest absolute Gasteiger partial charge is 0.375 e. The van der Waals surface area contributed by atoms with E-state index in [4.69, 9.17) is 0 Å². The van der Waals surface area contributed by atoms with Gasteiger partial charge in [-0.2, -0.15) is 0 Å². The second-order valence-electron chi connectivity index (χ2n) is 4.29. The highest BCUT2D eigenvalue weighted by Gasteiger charge is 2.17. The van der Waals surface area contributed by atoms with Crippen LogP contribution >= 0.6 is 0 Å². The van der Waals surface area contributed by atoms with Crippen molar-refractivity contribution in [1.82, 2.24) is 5.32 Å². The fraction of sp³-hybridized carbons (Fsp3) is 0.500. The summed E-state index contributed by atoms with van der Waals surface area (Å²) in [5.74, 6) is 0.361. The zero-order valence-corrected chi connectivity index (χ0v) is 9.26. The van der Waals surface area contributed by atoms with Gasteiger partial charge in [0.15, 0.2) is 0 Å². The summed E-state index contributed by atoms with van der Waals surface area (Å²) >= 11 is 0. The molecule has 1 aromatic rings. The molecule has 2 rings (SSSR count). The second-order valence-corrected chi connectivity index (χ2v) is 4.29. The molecular weight excluding hydrogens is 191 g/mol. The number of anilines is 1. The Morgan fingerprint density at radius 2 is 2.20 bits per heavy atom. The Morgan fingerprint density at radius 1 is 1.40 bits per heavy atom. The smallest absolute Gasteiger partial charge is 0.146 e. The molecule has 0 saturated carbocycles. The molecule has 0 radical (unpaired) electrons. The van der Waals surface area contributed by atoms with Crippen LogP contribution < -0.4 is 10.2 Å². The molecule has 1 fully saturated rings. The maximum Gasteiger partial charge on any atom is 0.146 e. The van der Waals surface area contributed by atoms with Gasteiger partial charge in [-0.1, -0.05) is 6.07 Å². The van der Waals surface area contributed by atoms with Crippen molar-refractivity contribution in [2.75, 3.05) is 32.1 Å². The Balaban J connectivity index is 2.24. The van der Waals surface area contributed by atoms with Gasteiger partial charge in [-0.3, -0.25) is 0 Å². The molecule has 1 aliphatic heterocycles. The van der Waals surface area contributed by atoms with E-state index < -0.39 is 0 Å². The maximum atomic E-state index is 13.7. The van der Waals surface area contributed by atoms with E-state index in [1.807, 2.05) is 26.2 Å². The third-order valence-electron chi connectivity index (χ3n) is 2.99. The van der Waals surface area contributed by atoms with Crippen LogP contribution in [0.4, 0.5) is 10.1 Å². The van der Waals surface area contributed by atoms with Crippen molar-refractivity contribution in [1.29, 1.82) is 0 Å². The number of halogens is 1. The van der Waals surface area contributed by atoms with Crippen LogP contribution in [0.5, 0.6) is 0 Å². The Hall–Kier alpha value is -1.09. The summed E-state index contributed by atoms with van der Waals surface area (Å²) in [5.41, 5.74) is 1.77. The Morgan fingerprint density at radius 3 is 2.73 bits per heavy atom. The van der Waals surface area contributed by atoms with Crippen LogP contribution in [0.3, 0.4) is 0 Å². The van der Waals surface area contributed by atoms with E-state index in [1.54, 1.807) is 11.0 Å². The summed E-state index contributed by atoms with van der Waals surface area (Å²) in [6.45, 7) is 2.02. The van der Waals surface area contributed by atoms with Crippen LogP contribution in [0, 0.1) is 5.82 Å². The highest BCUT2D eigenvalue weighted by Crippen LogP contribution is 2.26. The molecule has 3 heteroatoms. The average molecular weight is 208 g/mol. The second kappa shape index (κ2) is 4.19. The standard InChI is InChI=1S/C12H17FN2/c1-15(2)12-4-3-9(7-11(12)13)10-5-6-14-8-10/h3-4,7,10,14H,5-6,8H2,1-2H3. The molecule has 0 aliphatic carbocycles. The first-order chi connectivity index (χ1) is 7.18. The average Bonchev–Trinajstić information content (AvgIpc) is 2.69. The predicted octanol–water partition coefficient (Wildman–Crippen LogP) is 1.97. The molecule has 0 amide bonds. The first-order valence-electron chi connectivity index (χ1n) is 5.36. The van der Waals surface area contributed by atoms with E-state index in [-0.39, 0.29) is 5.82 Å². The minimum atomic E-state index is -0.121. The zero-order chi connectivity index (χ0) is 10.8. The number of hydrogen-bond acceptors (Lipinski definition) is 2. The SMILES string of the molecule is CN(C)c1ccc(C2CCNC2)cc1F. The molecule has 1 atom stereocenters. The van der Waals surface area contributed by atoms with Crippen LogP contribution in [0.15, 0.2) is 18.2 Å². The van der Waals surface area contributed by atoms with Gasteiger partial charge in [-0.25, -0.2) is 4.39 Å². The highest BCUT2D eigenvalue weighted by atomic mass is 19.1. The van der Waals surface area contributed by atoms with Crippen molar-refractivity contribution >= 4 is 5.69 Å². The van der Waals surface area contributed by atoms with E-state index in [1.165, 1.54) is 0 Å². The van der Waals surface area contributed by atoms with Gasteiger partial charge in [0.1, 0.15) is 5.82 Å². The number of hydrogen-bond donors (Lipinski definition) is 1. The number of rotatable bonds is 2. The zero-order valence-electron chi connectivity index (χ0n) is 9.26. The van der Waals surface area contributed by atoms with Crippen molar-refractivity contribution in [2.24, 2.45) is 0 Å². The van der Waals surface area contributed by atoms with Gasteiger partial charge in [0.2, 0.25) is 0 Å². The van der Waals surface area contributed by atoms with Crippen LogP contribution in [-0.2, 0) is 0 Å².